The molecule has 3 aromatic carbocycles. The predicted molar refractivity (Wildman–Crippen MR) is 126 cm³/mol. The van der Waals surface area contributed by atoms with Crippen molar-refractivity contribution in [2.24, 2.45) is 0 Å². The smallest absolute Gasteiger partial charge is 0.471 e. The number of hydrogen-bond donors (Lipinski definition) is 1. The lowest BCUT2D eigenvalue weighted by Gasteiger charge is -2.26. The molecule has 0 fully saturated rings. The first kappa shape index (κ1) is 25.0. The average Bonchev–Trinajstić information content (AvgIpc) is 3.27. The van der Waals surface area contributed by atoms with E-state index in [0.29, 0.717) is 22.6 Å². The van der Waals surface area contributed by atoms with Gasteiger partial charge in [-0.25, -0.2) is 9.07 Å². The van der Waals surface area contributed by atoms with Crippen molar-refractivity contribution in [2.75, 3.05) is 6.61 Å². The number of aromatic nitrogens is 2. The lowest BCUT2D eigenvalue weighted by Crippen LogP contribution is -2.49. The van der Waals surface area contributed by atoms with Crippen molar-refractivity contribution in [1.29, 1.82) is 0 Å². The molecule has 0 bridgehead atoms. The van der Waals surface area contributed by atoms with Gasteiger partial charge in [0.2, 0.25) is 0 Å². The van der Waals surface area contributed by atoms with Gasteiger partial charge < -0.3 is 14.8 Å². The molecular formula is C26H23F4N3O3. The van der Waals surface area contributed by atoms with Gasteiger partial charge in [-0.1, -0.05) is 18.2 Å². The van der Waals surface area contributed by atoms with Gasteiger partial charge in [0.25, 0.3) is 0 Å². The van der Waals surface area contributed by atoms with Gasteiger partial charge in [0, 0.05) is 11.8 Å². The molecule has 0 aliphatic rings. The first-order valence-corrected chi connectivity index (χ1v) is 11.2. The molecular weight excluding hydrogens is 478 g/mol. The fourth-order valence-electron chi connectivity index (χ4n) is 3.65. The van der Waals surface area contributed by atoms with Gasteiger partial charge >= 0.3 is 12.1 Å². The first-order valence-electron chi connectivity index (χ1n) is 11.2. The Balaban J connectivity index is 1.51. The number of rotatable bonds is 9. The van der Waals surface area contributed by atoms with Crippen molar-refractivity contribution in [3.8, 4) is 17.2 Å². The molecule has 4 aromatic rings. The second-order valence-electron chi connectivity index (χ2n) is 8.12. The quantitative estimate of drug-likeness (QED) is 0.310. The van der Waals surface area contributed by atoms with Crippen LogP contribution in [0, 0.1) is 5.82 Å². The Labute approximate surface area is 204 Å². The summed E-state index contributed by atoms with van der Waals surface area (Å²) in [6, 6.07) is 19.0. The molecule has 0 aliphatic heterocycles. The minimum absolute atomic E-state index is 0.158. The Bertz CT molecular complexity index is 1310. The summed E-state index contributed by atoms with van der Waals surface area (Å²) in [5.41, 5.74) is 1.40. The molecule has 0 saturated heterocycles. The van der Waals surface area contributed by atoms with Crippen LogP contribution >= 0.6 is 0 Å². The van der Waals surface area contributed by atoms with E-state index in [2.05, 4.69) is 5.10 Å². The molecule has 0 unspecified atom stereocenters. The molecule has 0 saturated carbocycles. The third-order valence-corrected chi connectivity index (χ3v) is 5.49. The van der Waals surface area contributed by atoms with Crippen molar-refractivity contribution in [2.45, 2.75) is 31.7 Å². The molecule has 1 aromatic heterocycles. The molecule has 0 spiro atoms. The SMILES string of the molecule is C[C@@H](NC(=O)C(F)(F)F)[C@H](CCOc1ccccc1)Oc1ccc2c(cnn2-c2ccc(F)cc2)c1. The summed E-state index contributed by atoms with van der Waals surface area (Å²) < 4.78 is 65.0. The van der Waals surface area contributed by atoms with Gasteiger partial charge in [0.05, 0.1) is 30.0 Å². The van der Waals surface area contributed by atoms with Crippen LogP contribution in [-0.4, -0.2) is 40.6 Å². The molecule has 1 amide bonds. The first-order chi connectivity index (χ1) is 17.2. The van der Waals surface area contributed by atoms with Crippen molar-refractivity contribution in [3.05, 3.63) is 84.8 Å². The molecule has 6 nitrogen and oxygen atoms in total. The minimum atomic E-state index is -5.01. The lowest BCUT2D eigenvalue weighted by atomic mass is 10.1. The van der Waals surface area contributed by atoms with Gasteiger partial charge in [-0.05, 0) is 61.5 Å². The molecule has 1 heterocycles. The topological polar surface area (TPSA) is 65.4 Å². The van der Waals surface area contributed by atoms with Crippen molar-refractivity contribution in [3.63, 3.8) is 0 Å². The van der Waals surface area contributed by atoms with Crippen LogP contribution in [0.3, 0.4) is 0 Å². The van der Waals surface area contributed by atoms with E-state index >= 15 is 0 Å². The lowest BCUT2D eigenvalue weighted by molar-refractivity contribution is -0.174. The number of fused-ring (bicyclic) bond motifs is 1. The number of hydrogen-bond acceptors (Lipinski definition) is 4. The number of carbonyl (C=O) groups excluding carboxylic acids is 1. The molecule has 4 rings (SSSR count). The minimum Gasteiger partial charge on any atom is -0.493 e. The Hall–Kier alpha value is -4.08. The van der Waals surface area contributed by atoms with Gasteiger partial charge in [-0.3, -0.25) is 4.79 Å². The number of alkyl halides is 3. The normalized spacial score (nSPS) is 13.2. The van der Waals surface area contributed by atoms with Crippen LogP contribution in [-0.2, 0) is 4.79 Å². The Morgan fingerprint density at radius 3 is 2.44 bits per heavy atom. The van der Waals surface area contributed by atoms with Crippen LogP contribution in [0.4, 0.5) is 17.6 Å². The summed E-state index contributed by atoms with van der Waals surface area (Å²) in [7, 11) is 0. The fourth-order valence-corrected chi connectivity index (χ4v) is 3.65. The summed E-state index contributed by atoms with van der Waals surface area (Å²) in [6.45, 7) is 1.60. The highest BCUT2D eigenvalue weighted by Crippen LogP contribution is 2.25. The zero-order valence-electron chi connectivity index (χ0n) is 19.2. The standard InChI is InChI=1S/C26H23F4N3O3/c1-17(32-25(34)26(28,29)30)24(13-14-35-21-5-3-2-4-6-21)36-22-11-12-23-18(15-22)16-31-33(23)20-9-7-19(27)8-10-20/h2-12,15-17,24H,13-14H2,1H3,(H,32,34)/t17-,24+/m1/s1. The van der Waals surface area contributed by atoms with Crippen molar-refractivity contribution >= 4 is 16.8 Å². The zero-order chi connectivity index (χ0) is 25.7. The van der Waals surface area contributed by atoms with Crippen molar-refractivity contribution < 1.29 is 31.8 Å². The van der Waals surface area contributed by atoms with E-state index in [-0.39, 0.29) is 18.8 Å². The highest BCUT2D eigenvalue weighted by atomic mass is 19.4. The predicted octanol–water partition coefficient (Wildman–Crippen LogP) is 5.45. The van der Waals surface area contributed by atoms with Crippen LogP contribution in [0.15, 0.2) is 79.0 Å². The summed E-state index contributed by atoms with van der Waals surface area (Å²) in [6.07, 6.45) is -4.01. The Morgan fingerprint density at radius 1 is 1.03 bits per heavy atom. The van der Waals surface area contributed by atoms with Crippen LogP contribution in [0.25, 0.3) is 16.6 Å². The summed E-state index contributed by atoms with van der Waals surface area (Å²) in [5, 5.41) is 7.01. The summed E-state index contributed by atoms with van der Waals surface area (Å²) in [5.74, 6) is -1.40. The van der Waals surface area contributed by atoms with Gasteiger partial charge in [0.15, 0.2) is 0 Å². The molecule has 0 radical (unpaired) electrons. The number of amides is 1. The number of nitrogens with one attached hydrogen (secondary N) is 1. The van der Waals surface area contributed by atoms with E-state index < -0.39 is 24.2 Å². The second kappa shape index (κ2) is 10.7. The molecule has 1 N–H and O–H groups in total. The highest BCUT2D eigenvalue weighted by Gasteiger charge is 2.40. The van der Waals surface area contributed by atoms with Crippen LogP contribution < -0.4 is 14.8 Å². The number of nitrogens with zero attached hydrogens (tertiary/aromatic N) is 2. The zero-order valence-corrected chi connectivity index (χ0v) is 19.2. The highest BCUT2D eigenvalue weighted by molar-refractivity contribution is 5.82. The van der Waals surface area contributed by atoms with Gasteiger partial charge in [0.1, 0.15) is 23.4 Å². The molecule has 36 heavy (non-hydrogen) atoms. The van der Waals surface area contributed by atoms with Crippen LogP contribution in [0.5, 0.6) is 11.5 Å². The third kappa shape index (κ3) is 6.12. The average molecular weight is 501 g/mol. The molecule has 10 heteroatoms. The van der Waals surface area contributed by atoms with Gasteiger partial charge in [-0.15, -0.1) is 0 Å². The number of benzene rings is 3. The second-order valence-corrected chi connectivity index (χ2v) is 8.12. The molecule has 2 atom stereocenters. The third-order valence-electron chi connectivity index (χ3n) is 5.49. The number of ether oxygens (including phenoxy) is 2. The van der Waals surface area contributed by atoms with E-state index in [1.54, 1.807) is 65.5 Å². The summed E-state index contributed by atoms with van der Waals surface area (Å²) in [4.78, 5) is 11.5. The van der Waals surface area contributed by atoms with E-state index in [4.69, 9.17) is 9.47 Å². The van der Waals surface area contributed by atoms with E-state index in [0.717, 1.165) is 5.52 Å². The van der Waals surface area contributed by atoms with Crippen molar-refractivity contribution in [1.82, 2.24) is 15.1 Å². The number of para-hydroxylation sites is 1. The largest absolute Gasteiger partial charge is 0.493 e. The summed E-state index contributed by atoms with van der Waals surface area (Å²) >= 11 is 0. The van der Waals surface area contributed by atoms with Crippen LogP contribution in [0.2, 0.25) is 0 Å². The van der Waals surface area contributed by atoms with E-state index in [1.165, 1.54) is 19.1 Å². The van der Waals surface area contributed by atoms with Crippen LogP contribution in [0.1, 0.15) is 13.3 Å². The molecule has 0 aliphatic carbocycles. The monoisotopic (exact) mass is 501 g/mol. The van der Waals surface area contributed by atoms with E-state index in [9.17, 15) is 22.4 Å². The van der Waals surface area contributed by atoms with Gasteiger partial charge in [-0.2, -0.15) is 18.3 Å². The molecule has 188 valence electrons. The number of carbonyl (C=O) groups is 1. The maximum absolute atomic E-state index is 13.3. The maximum Gasteiger partial charge on any atom is 0.471 e. The van der Waals surface area contributed by atoms with E-state index in [1.807, 2.05) is 11.4 Å². The fraction of sp³-hybridized carbons (Fsp3) is 0.231. The number of halogens is 4. The Kier molecular flexibility index (Phi) is 7.42. The Morgan fingerprint density at radius 2 is 1.75 bits per heavy atom. The maximum atomic E-state index is 13.3.